The van der Waals surface area contributed by atoms with Gasteiger partial charge in [0, 0.05) is 6.61 Å². The van der Waals surface area contributed by atoms with E-state index in [2.05, 4.69) is 26.0 Å². The van der Waals surface area contributed by atoms with Crippen LogP contribution in [-0.2, 0) is 4.74 Å². The zero-order valence-corrected chi connectivity index (χ0v) is 9.22. The Morgan fingerprint density at radius 2 is 1.77 bits per heavy atom. The molecule has 13 heavy (non-hydrogen) atoms. The van der Waals surface area contributed by atoms with Gasteiger partial charge in [-0.15, -0.1) is 0 Å². The van der Waals surface area contributed by atoms with Gasteiger partial charge in [-0.3, -0.25) is 0 Å². The lowest BCUT2D eigenvalue weighted by atomic mass is 10.2. The van der Waals surface area contributed by atoms with Crippen LogP contribution < -0.4 is 0 Å². The Balaban J connectivity index is 2.91. The maximum absolute atomic E-state index is 5.44. The smallest absolute Gasteiger partial charge is 0.0647 e. The normalized spacial score (nSPS) is 11.2. The first kappa shape index (κ1) is 12.7. The molecular formula is C12H24O. The largest absolute Gasteiger partial charge is 0.377 e. The average molecular weight is 184 g/mol. The highest BCUT2D eigenvalue weighted by atomic mass is 16.5. The van der Waals surface area contributed by atoms with Crippen LogP contribution in [0.4, 0.5) is 0 Å². The van der Waals surface area contributed by atoms with Crippen molar-refractivity contribution in [3.8, 4) is 0 Å². The van der Waals surface area contributed by atoms with Gasteiger partial charge in [0.25, 0.3) is 0 Å². The second-order valence-corrected chi connectivity index (χ2v) is 3.40. The summed E-state index contributed by atoms with van der Waals surface area (Å²) in [6.07, 6.45) is 11.9. The van der Waals surface area contributed by atoms with Crippen molar-refractivity contribution in [2.45, 2.75) is 52.4 Å². The van der Waals surface area contributed by atoms with Gasteiger partial charge >= 0.3 is 0 Å². The first-order valence-corrected chi connectivity index (χ1v) is 5.64. The second kappa shape index (κ2) is 11.7. The van der Waals surface area contributed by atoms with E-state index in [0.29, 0.717) is 0 Å². The van der Waals surface area contributed by atoms with Crippen molar-refractivity contribution in [1.82, 2.24) is 0 Å². The summed E-state index contributed by atoms with van der Waals surface area (Å²) in [6.45, 7) is 6.15. The van der Waals surface area contributed by atoms with Gasteiger partial charge in [-0.25, -0.2) is 0 Å². The van der Waals surface area contributed by atoms with E-state index in [4.69, 9.17) is 4.74 Å². The maximum Gasteiger partial charge on any atom is 0.0647 e. The van der Waals surface area contributed by atoms with Crippen LogP contribution in [0.25, 0.3) is 0 Å². The number of rotatable bonds is 9. The van der Waals surface area contributed by atoms with Gasteiger partial charge in [-0.2, -0.15) is 0 Å². The van der Waals surface area contributed by atoms with Crippen LogP contribution in [0.2, 0.25) is 0 Å². The molecule has 1 nitrogen and oxygen atoms in total. The van der Waals surface area contributed by atoms with Crippen LogP contribution in [0, 0.1) is 0 Å². The molecule has 0 amide bonds. The highest BCUT2D eigenvalue weighted by Crippen LogP contribution is 1.98. The van der Waals surface area contributed by atoms with E-state index in [1.54, 1.807) is 0 Å². The first-order chi connectivity index (χ1) is 6.41. The molecule has 0 aliphatic rings. The van der Waals surface area contributed by atoms with Crippen LogP contribution in [0.15, 0.2) is 12.2 Å². The Morgan fingerprint density at radius 3 is 2.46 bits per heavy atom. The van der Waals surface area contributed by atoms with Crippen molar-refractivity contribution < 1.29 is 4.74 Å². The Hall–Kier alpha value is -0.300. The van der Waals surface area contributed by atoms with Crippen molar-refractivity contribution in [2.75, 3.05) is 13.2 Å². The topological polar surface area (TPSA) is 9.23 Å². The Bertz CT molecular complexity index is 108. The fourth-order valence-electron chi connectivity index (χ4n) is 1.13. The van der Waals surface area contributed by atoms with E-state index < -0.39 is 0 Å². The maximum atomic E-state index is 5.44. The fourth-order valence-corrected chi connectivity index (χ4v) is 1.13. The van der Waals surface area contributed by atoms with Gasteiger partial charge < -0.3 is 4.74 Å². The van der Waals surface area contributed by atoms with E-state index in [1.807, 2.05) is 0 Å². The molecule has 0 aliphatic carbocycles. The van der Waals surface area contributed by atoms with E-state index in [0.717, 1.165) is 13.2 Å². The molecule has 0 aromatic heterocycles. The predicted molar refractivity (Wildman–Crippen MR) is 59.0 cm³/mol. The third-order valence-corrected chi connectivity index (χ3v) is 1.98. The van der Waals surface area contributed by atoms with Crippen LogP contribution >= 0.6 is 0 Å². The quantitative estimate of drug-likeness (QED) is 0.389. The minimum atomic E-state index is 0.798. The summed E-state index contributed by atoms with van der Waals surface area (Å²) >= 11 is 0. The van der Waals surface area contributed by atoms with Crippen molar-refractivity contribution in [1.29, 1.82) is 0 Å². The standard InChI is InChI=1S/C12H24O/c1-3-5-7-9-11-13-12-10-8-6-4-2/h7,9H,3-6,8,10-12H2,1-2H3/b9-7+. The van der Waals surface area contributed by atoms with Gasteiger partial charge in [-0.1, -0.05) is 51.7 Å². The lowest BCUT2D eigenvalue weighted by Crippen LogP contribution is -1.93. The molecule has 0 radical (unpaired) electrons. The molecule has 0 aliphatic heterocycles. The molecule has 0 rings (SSSR count). The Labute approximate surface area is 83.2 Å². The van der Waals surface area contributed by atoms with E-state index >= 15 is 0 Å². The van der Waals surface area contributed by atoms with Gasteiger partial charge in [0.1, 0.15) is 0 Å². The Kier molecular flexibility index (Phi) is 11.4. The minimum absolute atomic E-state index is 0.798. The van der Waals surface area contributed by atoms with Crippen molar-refractivity contribution >= 4 is 0 Å². The van der Waals surface area contributed by atoms with Gasteiger partial charge in [0.05, 0.1) is 6.61 Å². The van der Waals surface area contributed by atoms with Crippen LogP contribution in [-0.4, -0.2) is 13.2 Å². The molecule has 0 saturated heterocycles. The molecule has 0 spiro atoms. The highest BCUT2D eigenvalue weighted by molar-refractivity contribution is 4.80. The predicted octanol–water partition coefficient (Wildman–Crippen LogP) is 3.94. The molecule has 0 aromatic rings. The highest BCUT2D eigenvalue weighted by Gasteiger charge is 1.86. The number of allylic oxidation sites excluding steroid dienone is 1. The summed E-state index contributed by atoms with van der Waals surface area (Å²) in [6, 6.07) is 0. The van der Waals surface area contributed by atoms with Crippen molar-refractivity contribution in [2.24, 2.45) is 0 Å². The summed E-state index contributed by atoms with van der Waals surface area (Å²) in [5, 5.41) is 0. The van der Waals surface area contributed by atoms with Gasteiger partial charge in [-0.05, 0) is 12.8 Å². The molecule has 0 aromatic carbocycles. The third-order valence-electron chi connectivity index (χ3n) is 1.98. The van der Waals surface area contributed by atoms with E-state index in [-0.39, 0.29) is 0 Å². The first-order valence-electron chi connectivity index (χ1n) is 5.64. The van der Waals surface area contributed by atoms with Crippen molar-refractivity contribution in [3.05, 3.63) is 12.2 Å². The van der Waals surface area contributed by atoms with E-state index in [1.165, 1.54) is 38.5 Å². The molecular weight excluding hydrogens is 160 g/mol. The molecule has 0 unspecified atom stereocenters. The monoisotopic (exact) mass is 184 g/mol. The Morgan fingerprint density at radius 1 is 0.923 bits per heavy atom. The lowest BCUT2D eigenvalue weighted by molar-refractivity contribution is 0.157. The molecule has 0 heterocycles. The van der Waals surface area contributed by atoms with Crippen LogP contribution in [0.3, 0.4) is 0 Å². The molecule has 0 N–H and O–H groups in total. The van der Waals surface area contributed by atoms with Gasteiger partial charge in [0.2, 0.25) is 0 Å². The number of ether oxygens (including phenoxy) is 1. The fraction of sp³-hybridized carbons (Fsp3) is 0.833. The summed E-state index contributed by atoms with van der Waals surface area (Å²) in [7, 11) is 0. The molecule has 0 saturated carbocycles. The number of unbranched alkanes of at least 4 members (excludes halogenated alkanes) is 4. The zero-order valence-electron chi connectivity index (χ0n) is 9.22. The number of hydrogen-bond donors (Lipinski definition) is 0. The SMILES string of the molecule is CCC/C=C/COCCCCCC. The summed E-state index contributed by atoms with van der Waals surface area (Å²) in [4.78, 5) is 0. The molecule has 0 bridgehead atoms. The summed E-state index contributed by atoms with van der Waals surface area (Å²) in [5.41, 5.74) is 0. The minimum Gasteiger partial charge on any atom is -0.377 e. The zero-order chi connectivity index (χ0) is 9.78. The van der Waals surface area contributed by atoms with E-state index in [9.17, 15) is 0 Å². The third kappa shape index (κ3) is 11.7. The lowest BCUT2D eigenvalue weighted by Gasteiger charge is -1.99. The van der Waals surface area contributed by atoms with Crippen LogP contribution in [0.5, 0.6) is 0 Å². The average Bonchev–Trinajstić information content (AvgIpc) is 2.16. The molecule has 78 valence electrons. The van der Waals surface area contributed by atoms with Crippen molar-refractivity contribution in [3.63, 3.8) is 0 Å². The molecule has 1 heteroatoms. The molecule has 0 fully saturated rings. The molecule has 0 atom stereocenters. The second-order valence-electron chi connectivity index (χ2n) is 3.40. The summed E-state index contributed by atoms with van der Waals surface area (Å²) < 4.78 is 5.44. The number of hydrogen-bond acceptors (Lipinski definition) is 1. The van der Waals surface area contributed by atoms with Crippen LogP contribution in [0.1, 0.15) is 52.4 Å². The van der Waals surface area contributed by atoms with Gasteiger partial charge in [0.15, 0.2) is 0 Å². The summed E-state index contributed by atoms with van der Waals surface area (Å²) in [5.74, 6) is 0.